The molecule has 0 N–H and O–H groups in total. The lowest BCUT2D eigenvalue weighted by molar-refractivity contribution is 0.660. The molecule has 0 amide bonds. The molecule has 0 saturated heterocycles. The van der Waals surface area contributed by atoms with Crippen molar-refractivity contribution >= 4 is 66.8 Å². The fraction of sp³-hybridized carbons (Fsp3) is 0. The summed E-state index contributed by atoms with van der Waals surface area (Å²) in [4.78, 5) is 13.3. The SMILES string of the molecule is [B]c1ccc2oc3ccc(-c4cccc(-c5ccc6sc7ccc(-c8ccccc8)cc7c6c5)c4)cc3c(=O)c2c1. The largest absolute Gasteiger partial charge is 0.456 e. The monoisotopic (exact) mass is 540 g/mol. The molecule has 0 fully saturated rings. The number of hydrogen-bond donors (Lipinski definition) is 0. The molecule has 2 radical (unpaired) electrons. The first-order chi connectivity index (χ1) is 20.1. The fourth-order valence-electron chi connectivity index (χ4n) is 5.70. The van der Waals surface area contributed by atoms with E-state index in [2.05, 4.69) is 84.9 Å². The van der Waals surface area contributed by atoms with Gasteiger partial charge in [0.15, 0.2) is 0 Å². The van der Waals surface area contributed by atoms with Crippen LogP contribution >= 0.6 is 11.3 Å². The molecule has 6 aromatic carbocycles. The van der Waals surface area contributed by atoms with Gasteiger partial charge in [-0.05, 0) is 81.9 Å². The van der Waals surface area contributed by atoms with Crippen molar-refractivity contribution in [2.45, 2.75) is 0 Å². The number of benzene rings is 6. The average molecular weight is 540 g/mol. The molecule has 2 nitrogen and oxygen atoms in total. The zero-order chi connectivity index (χ0) is 27.5. The Bertz CT molecular complexity index is 2350. The highest BCUT2D eigenvalue weighted by atomic mass is 32.1. The van der Waals surface area contributed by atoms with Crippen molar-refractivity contribution in [3.63, 3.8) is 0 Å². The molecule has 4 heteroatoms. The summed E-state index contributed by atoms with van der Waals surface area (Å²) < 4.78 is 8.58. The summed E-state index contributed by atoms with van der Waals surface area (Å²) in [7, 11) is 5.94. The van der Waals surface area contributed by atoms with Crippen LogP contribution in [0.25, 0.3) is 75.5 Å². The van der Waals surface area contributed by atoms with Crippen molar-refractivity contribution in [3.05, 3.63) is 138 Å². The molecular formula is C37H21BO2S. The van der Waals surface area contributed by atoms with Crippen molar-refractivity contribution in [2.75, 3.05) is 0 Å². The van der Waals surface area contributed by atoms with E-state index in [0.29, 0.717) is 27.4 Å². The van der Waals surface area contributed by atoms with Crippen LogP contribution in [0.15, 0.2) is 137 Å². The van der Waals surface area contributed by atoms with Crippen LogP contribution in [-0.4, -0.2) is 7.85 Å². The Morgan fingerprint density at radius 1 is 0.463 bits per heavy atom. The summed E-state index contributed by atoms with van der Waals surface area (Å²) in [5, 5.41) is 3.58. The number of thiophene rings is 1. The van der Waals surface area contributed by atoms with E-state index in [1.807, 2.05) is 35.6 Å². The first-order valence-electron chi connectivity index (χ1n) is 13.5. The summed E-state index contributed by atoms with van der Waals surface area (Å²) in [6.07, 6.45) is 0. The van der Waals surface area contributed by atoms with Crippen molar-refractivity contribution in [1.82, 2.24) is 0 Å². The Balaban J connectivity index is 1.23. The Labute approximate surface area is 241 Å². The Morgan fingerprint density at radius 3 is 1.66 bits per heavy atom. The topological polar surface area (TPSA) is 30.2 Å². The summed E-state index contributed by atoms with van der Waals surface area (Å²) in [6.45, 7) is 0. The second-order valence-electron chi connectivity index (χ2n) is 10.4. The molecule has 0 bridgehead atoms. The maximum atomic E-state index is 13.3. The van der Waals surface area contributed by atoms with Gasteiger partial charge in [0.25, 0.3) is 0 Å². The average Bonchev–Trinajstić information content (AvgIpc) is 3.39. The van der Waals surface area contributed by atoms with E-state index in [-0.39, 0.29) is 5.43 Å². The summed E-state index contributed by atoms with van der Waals surface area (Å²) in [5.74, 6) is 0. The van der Waals surface area contributed by atoms with Crippen molar-refractivity contribution in [3.8, 4) is 33.4 Å². The van der Waals surface area contributed by atoms with Crippen molar-refractivity contribution < 1.29 is 4.42 Å². The van der Waals surface area contributed by atoms with Gasteiger partial charge >= 0.3 is 0 Å². The summed E-state index contributed by atoms with van der Waals surface area (Å²) in [5.41, 5.74) is 8.31. The number of fused-ring (bicyclic) bond motifs is 5. The highest BCUT2D eigenvalue weighted by Gasteiger charge is 2.12. The molecule has 0 aliphatic carbocycles. The Morgan fingerprint density at radius 2 is 0.976 bits per heavy atom. The molecule has 8 rings (SSSR count). The molecule has 0 atom stereocenters. The summed E-state index contributed by atoms with van der Waals surface area (Å²) >= 11 is 1.83. The van der Waals surface area contributed by atoms with E-state index >= 15 is 0 Å². The molecular weight excluding hydrogens is 519 g/mol. The van der Waals surface area contributed by atoms with E-state index in [0.717, 1.165) is 22.3 Å². The van der Waals surface area contributed by atoms with Gasteiger partial charge < -0.3 is 4.42 Å². The molecule has 2 heterocycles. The van der Waals surface area contributed by atoms with Gasteiger partial charge in [-0.15, -0.1) is 11.3 Å². The highest BCUT2D eigenvalue weighted by molar-refractivity contribution is 7.25. The van der Waals surface area contributed by atoms with E-state index < -0.39 is 0 Å². The van der Waals surface area contributed by atoms with Gasteiger partial charge in [-0.1, -0.05) is 84.3 Å². The van der Waals surface area contributed by atoms with Gasteiger partial charge in [-0.3, -0.25) is 4.79 Å². The minimum Gasteiger partial charge on any atom is -0.456 e. The third-order valence-electron chi connectivity index (χ3n) is 7.80. The summed E-state index contributed by atoms with van der Waals surface area (Å²) in [6, 6.07) is 43.4. The molecule has 2 aromatic heterocycles. The van der Waals surface area contributed by atoms with Crippen LogP contribution < -0.4 is 10.9 Å². The van der Waals surface area contributed by atoms with E-state index in [4.69, 9.17) is 12.3 Å². The lowest BCUT2D eigenvalue weighted by Gasteiger charge is -2.08. The zero-order valence-electron chi connectivity index (χ0n) is 21.9. The van der Waals surface area contributed by atoms with E-state index in [1.165, 1.54) is 31.3 Å². The first-order valence-corrected chi connectivity index (χ1v) is 14.3. The fourth-order valence-corrected chi connectivity index (χ4v) is 6.77. The third kappa shape index (κ3) is 4.07. The molecule has 8 aromatic rings. The van der Waals surface area contributed by atoms with Crippen LogP contribution in [0.2, 0.25) is 0 Å². The van der Waals surface area contributed by atoms with Gasteiger partial charge in [-0.2, -0.15) is 0 Å². The molecule has 0 aliphatic heterocycles. The van der Waals surface area contributed by atoms with Gasteiger partial charge in [-0.25, -0.2) is 0 Å². The lowest BCUT2D eigenvalue weighted by Crippen LogP contribution is -2.07. The minimum atomic E-state index is -0.0729. The predicted molar refractivity (Wildman–Crippen MR) is 175 cm³/mol. The van der Waals surface area contributed by atoms with Crippen LogP contribution in [0.4, 0.5) is 0 Å². The maximum absolute atomic E-state index is 13.3. The molecule has 0 unspecified atom stereocenters. The Kier molecular flexibility index (Phi) is 5.44. The lowest BCUT2D eigenvalue weighted by atomic mass is 9.94. The zero-order valence-corrected chi connectivity index (χ0v) is 22.7. The predicted octanol–water partition coefficient (Wildman–Crippen LogP) is 9.11. The maximum Gasteiger partial charge on any atom is 0.200 e. The van der Waals surface area contributed by atoms with Gasteiger partial charge in [0.05, 0.1) is 10.8 Å². The van der Waals surface area contributed by atoms with Gasteiger partial charge in [0.1, 0.15) is 19.0 Å². The Hall–Kier alpha value is -4.93. The van der Waals surface area contributed by atoms with Gasteiger partial charge in [0.2, 0.25) is 5.43 Å². The smallest absolute Gasteiger partial charge is 0.200 e. The van der Waals surface area contributed by atoms with Crippen LogP contribution in [0.3, 0.4) is 0 Å². The minimum absolute atomic E-state index is 0.0729. The van der Waals surface area contributed by atoms with Crippen LogP contribution in [0, 0.1) is 0 Å². The second-order valence-corrected chi connectivity index (χ2v) is 11.5. The van der Waals surface area contributed by atoms with Crippen LogP contribution in [-0.2, 0) is 0 Å². The number of rotatable bonds is 3. The van der Waals surface area contributed by atoms with Crippen molar-refractivity contribution in [2.24, 2.45) is 0 Å². The standard InChI is InChI=1S/C37H21BO2S/c38-28-12-14-34-32(21-28)37(39)31-20-26(9-13-33(31)40-34)23-7-4-8-24(17-23)27-11-16-36-30(19-27)29-18-25(10-15-35(29)41-36)22-5-2-1-3-6-22/h1-21H. The van der Waals surface area contributed by atoms with Crippen LogP contribution in [0.1, 0.15) is 0 Å². The van der Waals surface area contributed by atoms with Gasteiger partial charge in [0, 0.05) is 20.2 Å². The van der Waals surface area contributed by atoms with E-state index in [1.54, 1.807) is 18.2 Å². The quantitative estimate of drug-likeness (QED) is 0.165. The normalized spacial score (nSPS) is 11.6. The van der Waals surface area contributed by atoms with Crippen molar-refractivity contribution in [1.29, 1.82) is 0 Å². The first kappa shape index (κ1) is 23.9. The van der Waals surface area contributed by atoms with Crippen LogP contribution in [0.5, 0.6) is 0 Å². The highest BCUT2D eigenvalue weighted by Crippen LogP contribution is 2.39. The van der Waals surface area contributed by atoms with E-state index in [9.17, 15) is 4.79 Å². The molecule has 0 saturated carbocycles. The second kappa shape index (κ2) is 9.33. The third-order valence-corrected chi connectivity index (χ3v) is 8.95. The molecule has 41 heavy (non-hydrogen) atoms. The molecule has 0 aliphatic rings. The number of hydrogen-bond acceptors (Lipinski definition) is 3. The molecule has 190 valence electrons. The molecule has 0 spiro atoms.